The van der Waals surface area contributed by atoms with E-state index in [0.29, 0.717) is 75.0 Å². The topological polar surface area (TPSA) is 450 Å². The minimum absolute atomic E-state index is 0.00514. The van der Waals surface area contributed by atoms with Gasteiger partial charge >= 0.3 is 43.1 Å². The van der Waals surface area contributed by atoms with Gasteiger partial charge in [-0.2, -0.15) is 25.3 Å². The Hall–Kier alpha value is -3.57. The number of carbonyl (C=O) groups is 2. The van der Waals surface area contributed by atoms with Crippen LogP contribution in [-0.4, -0.2) is 228 Å². The van der Waals surface area contributed by atoms with Gasteiger partial charge in [0.25, 0.3) is 0 Å². The lowest BCUT2D eigenvalue weighted by molar-refractivity contribution is -0.334. The van der Waals surface area contributed by atoms with Gasteiger partial charge < -0.3 is 78.4 Å². The standard InChI is InChI=1S/C67H106O30S3/c1-40(16-11-10-14-30-86-57(73)19-13-9-12-18-47(68)34-50(96-99(80,81)82)35-52(70)61(97-100(83,84)85)53(71)39-89-98(77,78)79)38-87-63(75)64(8,76)37-49-22-23-56(72)67(92-49)36-41(2)32-55(93-67)42(3)20-21-48-25-27-65(91-48)28-26-54-62(94-65)58(74)46(7)60(90-54)51(69)33-44(5)59-43(4)24-29-66(95-59)45(6)17-15-31-88-66/h9-11,13,16,20-21,36,42-45,47-56,58-62,68-72,74,76H,7,12,14-15,17-19,22-35,37-39H2,1-6,8H3,(H,77,78,79)(H,80,81,82)(H,83,84,85). The van der Waals surface area contributed by atoms with Crippen LogP contribution in [0.1, 0.15) is 170 Å². The predicted octanol–water partition coefficient (Wildman–Crippen LogP) is 5.14. The van der Waals surface area contributed by atoms with Crippen LogP contribution in [0.2, 0.25) is 0 Å². The van der Waals surface area contributed by atoms with Crippen molar-refractivity contribution in [1.82, 2.24) is 0 Å². The maximum Gasteiger partial charge on any atom is 0.397 e. The van der Waals surface area contributed by atoms with Crippen LogP contribution < -0.4 is 0 Å². The van der Waals surface area contributed by atoms with Crippen molar-refractivity contribution in [2.24, 2.45) is 23.7 Å². The average molecular weight is 1490 g/mol. The van der Waals surface area contributed by atoms with Crippen molar-refractivity contribution < 1.29 is 139 Å². The normalized spacial score (nSPS) is 34.2. The molecule has 33 heteroatoms. The number of carbonyl (C=O) groups excluding carboxylic acids is 2. The Labute approximate surface area is 586 Å². The van der Waals surface area contributed by atoms with E-state index in [2.05, 4.69) is 39.9 Å². The maximum absolute atomic E-state index is 13.4. The molecule has 0 aromatic carbocycles. The molecule has 7 rings (SSSR count). The first-order valence-electron chi connectivity index (χ1n) is 34.5. The molecule has 23 unspecified atom stereocenters. The van der Waals surface area contributed by atoms with E-state index in [1.54, 1.807) is 31.2 Å². The van der Waals surface area contributed by atoms with E-state index in [9.17, 15) is 75.1 Å². The van der Waals surface area contributed by atoms with Gasteiger partial charge in [-0.25, -0.2) is 17.3 Å². The summed E-state index contributed by atoms with van der Waals surface area (Å²) in [5.74, 6) is -4.15. The van der Waals surface area contributed by atoms with Gasteiger partial charge in [0.15, 0.2) is 17.2 Å². The molecule has 0 saturated carbocycles. The van der Waals surface area contributed by atoms with E-state index in [-0.39, 0.29) is 75.3 Å². The van der Waals surface area contributed by atoms with Crippen LogP contribution in [0.15, 0.2) is 71.9 Å². The van der Waals surface area contributed by atoms with E-state index < -0.39 is 165 Å². The molecular formula is C67H106O30S3. The van der Waals surface area contributed by atoms with Gasteiger partial charge in [0.05, 0.1) is 81.2 Å². The van der Waals surface area contributed by atoms with Crippen LogP contribution in [0.4, 0.5) is 0 Å². The molecule has 7 aliphatic heterocycles. The Morgan fingerprint density at radius 1 is 0.820 bits per heavy atom. The summed E-state index contributed by atoms with van der Waals surface area (Å²) in [4.78, 5) is 25.7. The second-order valence-electron chi connectivity index (χ2n) is 28.4. The number of aliphatic hydroxyl groups is 7. The van der Waals surface area contributed by atoms with Gasteiger partial charge in [-0.3, -0.25) is 18.5 Å². The number of esters is 2. The highest BCUT2D eigenvalue weighted by atomic mass is 32.3. The van der Waals surface area contributed by atoms with Gasteiger partial charge in [-0.05, 0) is 127 Å². The first-order chi connectivity index (χ1) is 46.7. The lowest BCUT2D eigenvalue weighted by Gasteiger charge is -2.51. The molecule has 6 fully saturated rings. The predicted molar refractivity (Wildman–Crippen MR) is 355 cm³/mol. The van der Waals surface area contributed by atoms with Crippen molar-refractivity contribution in [3.8, 4) is 0 Å². The summed E-state index contributed by atoms with van der Waals surface area (Å²) in [6.07, 6.45) is 3.05. The van der Waals surface area contributed by atoms with Gasteiger partial charge in [-0.1, -0.05) is 82.4 Å². The van der Waals surface area contributed by atoms with Crippen LogP contribution >= 0.6 is 0 Å². The van der Waals surface area contributed by atoms with E-state index in [1.807, 2.05) is 26.0 Å². The molecule has 572 valence electrons. The molecule has 0 aliphatic carbocycles. The summed E-state index contributed by atoms with van der Waals surface area (Å²) in [5.41, 5.74) is -0.0405. The molecule has 100 heavy (non-hydrogen) atoms. The molecule has 0 aromatic rings. The largest absolute Gasteiger partial charge is 0.465 e. The number of fused-ring (bicyclic) bond motifs is 1. The Morgan fingerprint density at radius 2 is 1.54 bits per heavy atom. The molecule has 7 heterocycles. The van der Waals surface area contributed by atoms with Crippen LogP contribution in [0.5, 0.6) is 0 Å². The third-order valence-corrected chi connectivity index (χ3v) is 21.2. The summed E-state index contributed by atoms with van der Waals surface area (Å²) in [5, 5.41) is 77.6. The highest BCUT2D eigenvalue weighted by Gasteiger charge is 2.56. The van der Waals surface area contributed by atoms with Crippen molar-refractivity contribution in [1.29, 1.82) is 0 Å². The summed E-state index contributed by atoms with van der Waals surface area (Å²) < 4.78 is 164. The van der Waals surface area contributed by atoms with Gasteiger partial charge in [0.2, 0.25) is 5.79 Å². The number of ether oxygens (including phenoxy) is 9. The SMILES string of the molecule is C=C1C(O)C2OC3(CCC(C=CC(C)C4CC(C)=CC5(OC(CC(C)(O)C(=O)OCC(C)=CC=CCCOC(=O)CC=CCCC(O)CC(CC(O)C(OS(=O)(=O)O)C(O)COS(=O)(=O)O)OS(=O)(=O)O)CCC5O)O4)O3)CCC2OC1C(O)CC(C)C1OC2(CCC1C)OCCCC2C. The van der Waals surface area contributed by atoms with E-state index in [0.717, 1.165) is 31.3 Å². The number of allylic oxidation sites excluding steroid dienone is 3. The van der Waals surface area contributed by atoms with Crippen LogP contribution in [0.3, 0.4) is 0 Å². The van der Waals surface area contributed by atoms with E-state index >= 15 is 0 Å². The second kappa shape index (κ2) is 36.1. The maximum atomic E-state index is 13.4. The first kappa shape index (κ1) is 83.7. The smallest absolute Gasteiger partial charge is 0.397 e. The quantitative estimate of drug-likeness (QED) is 0.0131. The highest BCUT2D eigenvalue weighted by Crippen LogP contribution is 2.49. The van der Waals surface area contributed by atoms with Gasteiger partial charge in [0, 0.05) is 50.4 Å². The Morgan fingerprint density at radius 3 is 2.24 bits per heavy atom. The summed E-state index contributed by atoms with van der Waals surface area (Å²) in [7, 11) is -15.9. The minimum atomic E-state index is -5.46. The first-order valence-corrected chi connectivity index (χ1v) is 38.6. The fourth-order valence-electron chi connectivity index (χ4n) is 14.4. The molecular weight excluding hydrogens is 1380 g/mol. The number of aliphatic hydroxyl groups excluding tert-OH is 6. The lowest BCUT2D eigenvalue weighted by Crippen LogP contribution is -2.60. The number of rotatable bonds is 34. The van der Waals surface area contributed by atoms with Crippen LogP contribution in [-0.2, 0) is 96.0 Å². The average Bonchev–Trinajstić information content (AvgIpc) is 1.25. The molecule has 23 atom stereocenters. The van der Waals surface area contributed by atoms with Crippen molar-refractivity contribution in [3.05, 3.63) is 71.9 Å². The molecule has 7 aliphatic rings. The van der Waals surface area contributed by atoms with Crippen molar-refractivity contribution in [3.63, 3.8) is 0 Å². The van der Waals surface area contributed by atoms with Crippen molar-refractivity contribution >= 4 is 43.1 Å². The van der Waals surface area contributed by atoms with Gasteiger partial charge in [-0.15, -0.1) is 0 Å². The molecule has 0 amide bonds. The van der Waals surface area contributed by atoms with Crippen molar-refractivity contribution in [2.75, 3.05) is 26.4 Å². The third kappa shape index (κ3) is 24.5. The fraction of sp³-hybridized carbons (Fsp3) is 0.791. The van der Waals surface area contributed by atoms with Crippen LogP contribution in [0.25, 0.3) is 0 Å². The van der Waals surface area contributed by atoms with Gasteiger partial charge in [0.1, 0.15) is 43.2 Å². The fourth-order valence-corrected chi connectivity index (χ4v) is 15.7. The number of hydrogen-bond acceptors (Lipinski definition) is 27. The van der Waals surface area contributed by atoms with Crippen LogP contribution in [0, 0.1) is 23.7 Å². The summed E-state index contributed by atoms with van der Waals surface area (Å²) >= 11 is 0. The lowest BCUT2D eigenvalue weighted by atomic mass is 9.78. The molecule has 10 N–H and O–H groups in total. The highest BCUT2D eigenvalue weighted by molar-refractivity contribution is 7.81. The van der Waals surface area contributed by atoms with Crippen molar-refractivity contribution in [2.45, 2.75) is 285 Å². The molecule has 30 nitrogen and oxygen atoms in total. The summed E-state index contributed by atoms with van der Waals surface area (Å²) in [6.45, 7) is 16.9. The molecule has 0 bridgehead atoms. The Kier molecular flexibility index (Phi) is 30.3. The zero-order chi connectivity index (χ0) is 73.8. The van der Waals surface area contributed by atoms with E-state index in [4.69, 9.17) is 51.7 Å². The minimum Gasteiger partial charge on any atom is -0.465 e. The molecule has 3 spiro atoms. The zero-order valence-electron chi connectivity index (χ0n) is 57.9. The second-order valence-corrected chi connectivity index (χ2v) is 31.6. The van der Waals surface area contributed by atoms with E-state index in [1.165, 1.54) is 19.1 Å². The zero-order valence-corrected chi connectivity index (χ0v) is 60.4. The summed E-state index contributed by atoms with van der Waals surface area (Å²) in [6, 6.07) is 0. The number of hydrogen-bond donors (Lipinski definition) is 10. The molecule has 0 aromatic heterocycles. The third-order valence-electron chi connectivity index (χ3n) is 19.8. The molecule has 6 saturated heterocycles. The Bertz CT molecular complexity index is 3230. The Balaban J connectivity index is 0.790. The molecule has 0 radical (unpaired) electrons. The monoisotopic (exact) mass is 1490 g/mol.